The van der Waals surface area contributed by atoms with Crippen molar-refractivity contribution in [3.05, 3.63) is 212 Å². The molecule has 3 aromatic heterocycles. The quantitative estimate of drug-likeness (QED) is 0.159. The Bertz CT molecular complexity index is 3840. The van der Waals surface area contributed by atoms with Gasteiger partial charge < -0.3 is 13.7 Å². The smallest absolute Gasteiger partial charge is 0.0549 e. The second kappa shape index (κ2) is 12.3. The van der Waals surface area contributed by atoms with Crippen LogP contribution in [0.25, 0.3) is 115 Å². The van der Waals surface area contributed by atoms with Gasteiger partial charge in [0.2, 0.25) is 0 Å². The van der Waals surface area contributed by atoms with Crippen LogP contribution in [0.1, 0.15) is 0 Å². The van der Waals surface area contributed by atoms with E-state index in [-0.39, 0.29) is 0 Å². The van der Waals surface area contributed by atoms with Gasteiger partial charge in [-0.05, 0) is 100 Å². The van der Waals surface area contributed by atoms with E-state index >= 15 is 0 Å². The molecule has 274 valence electrons. The van der Waals surface area contributed by atoms with Gasteiger partial charge in [-0.15, -0.1) is 0 Å². The first-order valence-corrected chi connectivity index (χ1v) is 20.4. The summed E-state index contributed by atoms with van der Waals surface area (Å²) in [5, 5.41) is 12.5. The molecular weight excluding hydrogens is 715 g/mol. The van der Waals surface area contributed by atoms with Crippen molar-refractivity contribution in [3.8, 4) is 28.2 Å². The van der Waals surface area contributed by atoms with Crippen LogP contribution in [0.2, 0.25) is 0 Å². The van der Waals surface area contributed by atoms with Crippen LogP contribution in [0.4, 0.5) is 0 Å². The summed E-state index contributed by atoms with van der Waals surface area (Å²) in [7, 11) is 0. The topological polar surface area (TPSA) is 14.8 Å². The number of fused-ring (bicyclic) bond motifs is 12. The molecule has 0 saturated heterocycles. The van der Waals surface area contributed by atoms with E-state index < -0.39 is 0 Å². The highest BCUT2D eigenvalue weighted by atomic mass is 15.0. The minimum Gasteiger partial charge on any atom is -0.309 e. The van der Waals surface area contributed by atoms with Crippen molar-refractivity contribution >= 4 is 87.0 Å². The summed E-state index contributed by atoms with van der Waals surface area (Å²) in [5.41, 5.74) is 13.1. The van der Waals surface area contributed by atoms with Crippen LogP contribution in [0.5, 0.6) is 0 Å². The molecule has 0 radical (unpaired) electrons. The Morgan fingerprint density at radius 2 is 0.695 bits per heavy atom. The van der Waals surface area contributed by atoms with Crippen molar-refractivity contribution < 1.29 is 0 Å². The van der Waals surface area contributed by atoms with E-state index in [9.17, 15) is 0 Å². The SMILES string of the molecule is c1ccc(-n2c3ccccc3c3cc(-c4cccc(-n5c6ccccc6c6cc7c(cc65)c5ccccc5n7-c5cc6ccccc6c6ccccc56)c4)ccc32)cc1. The largest absolute Gasteiger partial charge is 0.309 e. The van der Waals surface area contributed by atoms with Gasteiger partial charge in [0.1, 0.15) is 0 Å². The van der Waals surface area contributed by atoms with Crippen LogP contribution in [0.3, 0.4) is 0 Å². The molecule has 0 atom stereocenters. The van der Waals surface area contributed by atoms with E-state index in [1.165, 1.54) is 109 Å². The number of para-hydroxylation sites is 4. The van der Waals surface area contributed by atoms with Crippen molar-refractivity contribution in [2.24, 2.45) is 0 Å². The first-order valence-electron chi connectivity index (χ1n) is 20.4. The Labute approximate surface area is 339 Å². The average molecular weight is 750 g/mol. The second-order valence-electron chi connectivity index (χ2n) is 15.7. The maximum Gasteiger partial charge on any atom is 0.0549 e. The monoisotopic (exact) mass is 749 g/mol. The Kier molecular flexibility index (Phi) is 6.72. The molecule has 3 nitrogen and oxygen atoms in total. The van der Waals surface area contributed by atoms with E-state index in [1.54, 1.807) is 0 Å². The van der Waals surface area contributed by atoms with Crippen LogP contribution < -0.4 is 0 Å². The minimum absolute atomic E-state index is 1.14. The number of rotatable bonds is 4. The highest BCUT2D eigenvalue weighted by Crippen LogP contribution is 2.42. The Balaban J connectivity index is 1.04. The predicted octanol–water partition coefficient (Wildman–Crippen LogP) is 15.0. The molecule has 13 aromatic rings. The summed E-state index contributed by atoms with van der Waals surface area (Å²) in [6, 6.07) is 78.0. The Morgan fingerprint density at radius 3 is 1.39 bits per heavy atom. The van der Waals surface area contributed by atoms with Crippen LogP contribution in [-0.4, -0.2) is 13.7 Å². The second-order valence-corrected chi connectivity index (χ2v) is 15.7. The fraction of sp³-hybridized carbons (Fsp3) is 0. The number of aromatic nitrogens is 3. The lowest BCUT2D eigenvalue weighted by atomic mass is 10.00. The molecule has 0 bridgehead atoms. The van der Waals surface area contributed by atoms with Gasteiger partial charge in [0.05, 0.1) is 38.8 Å². The third kappa shape index (κ3) is 4.64. The molecule has 0 fully saturated rings. The molecule has 0 saturated carbocycles. The summed E-state index contributed by atoms with van der Waals surface area (Å²) >= 11 is 0. The first-order chi connectivity index (χ1) is 29.3. The van der Waals surface area contributed by atoms with Crippen molar-refractivity contribution in [1.82, 2.24) is 13.7 Å². The van der Waals surface area contributed by atoms with Crippen LogP contribution in [0, 0.1) is 0 Å². The van der Waals surface area contributed by atoms with Crippen molar-refractivity contribution in [3.63, 3.8) is 0 Å². The summed E-state index contributed by atoms with van der Waals surface area (Å²) in [4.78, 5) is 0. The molecule has 0 aliphatic rings. The first kappa shape index (κ1) is 32.2. The van der Waals surface area contributed by atoms with E-state index in [0.29, 0.717) is 0 Å². The molecule has 3 heteroatoms. The van der Waals surface area contributed by atoms with E-state index in [4.69, 9.17) is 0 Å². The zero-order valence-corrected chi connectivity index (χ0v) is 32.0. The van der Waals surface area contributed by atoms with E-state index in [1.807, 2.05) is 0 Å². The molecule has 0 N–H and O–H groups in total. The van der Waals surface area contributed by atoms with Gasteiger partial charge in [-0.25, -0.2) is 0 Å². The number of benzene rings is 10. The zero-order chi connectivity index (χ0) is 38.6. The molecule has 59 heavy (non-hydrogen) atoms. The molecule has 0 unspecified atom stereocenters. The minimum atomic E-state index is 1.14. The highest BCUT2D eigenvalue weighted by Gasteiger charge is 2.20. The fourth-order valence-electron chi connectivity index (χ4n) is 10.0. The number of hydrogen-bond acceptors (Lipinski definition) is 0. The third-order valence-corrected chi connectivity index (χ3v) is 12.6. The van der Waals surface area contributed by atoms with Gasteiger partial charge >= 0.3 is 0 Å². The normalized spacial score (nSPS) is 12.1. The van der Waals surface area contributed by atoms with Crippen LogP contribution >= 0.6 is 0 Å². The van der Waals surface area contributed by atoms with Gasteiger partial charge in [0.25, 0.3) is 0 Å². The Hall–Kier alpha value is -7.88. The summed E-state index contributed by atoms with van der Waals surface area (Å²) in [6.07, 6.45) is 0. The maximum atomic E-state index is 2.50. The lowest BCUT2D eigenvalue weighted by Gasteiger charge is -2.14. The van der Waals surface area contributed by atoms with Crippen LogP contribution in [0.15, 0.2) is 212 Å². The number of nitrogens with zero attached hydrogens (tertiary/aromatic N) is 3. The van der Waals surface area contributed by atoms with E-state index in [2.05, 4.69) is 226 Å². The van der Waals surface area contributed by atoms with Gasteiger partial charge in [-0.3, -0.25) is 0 Å². The maximum absolute atomic E-state index is 2.50. The van der Waals surface area contributed by atoms with Crippen molar-refractivity contribution in [2.45, 2.75) is 0 Å². The molecular formula is C56H35N3. The lowest BCUT2D eigenvalue weighted by molar-refractivity contribution is 1.18. The zero-order valence-electron chi connectivity index (χ0n) is 32.0. The summed E-state index contributed by atoms with van der Waals surface area (Å²) < 4.78 is 7.34. The Morgan fingerprint density at radius 1 is 0.220 bits per heavy atom. The predicted molar refractivity (Wildman–Crippen MR) is 250 cm³/mol. The van der Waals surface area contributed by atoms with Crippen LogP contribution in [-0.2, 0) is 0 Å². The van der Waals surface area contributed by atoms with Crippen molar-refractivity contribution in [1.29, 1.82) is 0 Å². The highest BCUT2D eigenvalue weighted by molar-refractivity contribution is 6.20. The lowest BCUT2D eigenvalue weighted by Crippen LogP contribution is -1.96. The van der Waals surface area contributed by atoms with Gasteiger partial charge in [-0.1, -0.05) is 140 Å². The van der Waals surface area contributed by atoms with E-state index in [0.717, 1.165) is 5.69 Å². The molecule has 0 spiro atoms. The molecule has 13 rings (SSSR count). The molecule has 10 aromatic carbocycles. The summed E-state index contributed by atoms with van der Waals surface area (Å²) in [6.45, 7) is 0. The van der Waals surface area contributed by atoms with Gasteiger partial charge in [0.15, 0.2) is 0 Å². The third-order valence-electron chi connectivity index (χ3n) is 12.6. The molecule has 0 aliphatic carbocycles. The average Bonchev–Trinajstić information content (AvgIpc) is 3.93. The van der Waals surface area contributed by atoms with Gasteiger partial charge in [-0.2, -0.15) is 0 Å². The molecule has 0 amide bonds. The summed E-state index contributed by atoms with van der Waals surface area (Å²) in [5.74, 6) is 0. The standard InChI is InChI=1S/C56H35N3/c1-2-17-39(18-3-1)57-50-26-11-8-23-44(50)47-32-37(29-30-53(47)57)36-16-14-19-40(31-36)58-51-27-12-9-24-45(51)48-35-56-49(34-55(48)58)46-25-10-13-28-52(46)59(56)54-33-38-15-4-5-20-41(38)42-21-6-7-22-43(42)54/h1-35H. The van der Waals surface area contributed by atoms with Gasteiger partial charge in [0, 0.05) is 49.1 Å². The molecule has 0 aliphatic heterocycles. The van der Waals surface area contributed by atoms with Crippen molar-refractivity contribution in [2.75, 3.05) is 0 Å². The number of hydrogen-bond donors (Lipinski definition) is 0. The fourth-order valence-corrected chi connectivity index (χ4v) is 10.0. The molecule has 3 heterocycles.